The Morgan fingerprint density at radius 1 is 1.27 bits per heavy atom. The third kappa shape index (κ3) is 1.94. The number of nitrogens with zero attached hydrogens (tertiary/aromatic N) is 3. The minimum Gasteiger partial charge on any atom is -0.314 e. The molecular formula is C7H12N4. The Hall–Kier alpha value is -1.03. The van der Waals surface area contributed by atoms with Crippen LogP contribution in [-0.4, -0.2) is 22.2 Å². The summed E-state index contributed by atoms with van der Waals surface area (Å²) in [7, 11) is 1.88. The van der Waals surface area contributed by atoms with Crippen molar-refractivity contribution in [1.29, 1.82) is 0 Å². The van der Waals surface area contributed by atoms with Crippen LogP contribution < -0.4 is 5.32 Å². The molecule has 0 saturated carbocycles. The molecule has 1 rings (SSSR count). The Kier molecular flexibility index (Phi) is 2.48. The predicted octanol–water partition coefficient (Wildman–Crippen LogP) is 0.208. The zero-order valence-corrected chi connectivity index (χ0v) is 7.05. The van der Waals surface area contributed by atoms with Crippen LogP contribution in [0.4, 0.5) is 0 Å². The van der Waals surface area contributed by atoms with Crippen molar-refractivity contribution in [1.82, 2.24) is 20.5 Å². The van der Waals surface area contributed by atoms with E-state index in [2.05, 4.69) is 20.5 Å². The van der Waals surface area contributed by atoms with Gasteiger partial charge in [0.2, 0.25) is 0 Å². The highest BCUT2D eigenvalue weighted by Crippen LogP contribution is 1.98. The van der Waals surface area contributed by atoms with Gasteiger partial charge in [0, 0.05) is 6.54 Å². The van der Waals surface area contributed by atoms with Crippen LogP contribution in [0.2, 0.25) is 0 Å². The van der Waals surface area contributed by atoms with E-state index < -0.39 is 0 Å². The molecule has 4 nitrogen and oxygen atoms in total. The minimum atomic E-state index is 0.724. The Labute approximate surface area is 66.1 Å². The van der Waals surface area contributed by atoms with Crippen LogP contribution in [0.1, 0.15) is 17.2 Å². The van der Waals surface area contributed by atoms with E-state index in [0.29, 0.717) is 0 Å². The second-order valence-electron chi connectivity index (χ2n) is 2.42. The fourth-order valence-electron chi connectivity index (χ4n) is 0.865. The highest BCUT2D eigenvalue weighted by Gasteiger charge is 1.99. The zero-order valence-electron chi connectivity index (χ0n) is 7.05. The second kappa shape index (κ2) is 3.39. The van der Waals surface area contributed by atoms with Gasteiger partial charge < -0.3 is 5.32 Å². The van der Waals surface area contributed by atoms with E-state index in [0.717, 1.165) is 23.8 Å². The van der Waals surface area contributed by atoms with Crippen molar-refractivity contribution in [2.45, 2.75) is 20.4 Å². The van der Waals surface area contributed by atoms with Gasteiger partial charge in [-0.25, -0.2) is 4.98 Å². The summed E-state index contributed by atoms with van der Waals surface area (Å²) in [5.74, 6) is 0.724. The molecule has 60 valence electrons. The molecule has 0 spiro atoms. The molecule has 0 amide bonds. The molecule has 1 N–H and O–H groups in total. The Balaban J connectivity index is 2.90. The van der Waals surface area contributed by atoms with E-state index in [-0.39, 0.29) is 0 Å². The van der Waals surface area contributed by atoms with Crippen LogP contribution in [-0.2, 0) is 6.54 Å². The number of nitrogens with one attached hydrogen (secondary N) is 1. The minimum absolute atomic E-state index is 0.724. The molecule has 0 radical (unpaired) electrons. The highest BCUT2D eigenvalue weighted by molar-refractivity contribution is 5.07. The number of rotatable bonds is 2. The first kappa shape index (κ1) is 8.07. The lowest BCUT2D eigenvalue weighted by Crippen LogP contribution is -2.11. The van der Waals surface area contributed by atoms with Gasteiger partial charge in [0.15, 0.2) is 0 Å². The molecule has 0 unspecified atom stereocenters. The normalized spacial score (nSPS) is 10.1. The summed E-state index contributed by atoms with van der Waals surface area (Å²) >= 11 is 0. The van der Waals surface area contributed by atoms with Gasteiger partial charge in [-0.3, -0.25) is 0 Å². The van der Waals surface area contributed by atoms with Gasteiger partial charge in [0.1, 0.15) is 5.82 Å². The third-order valence-corrected chi connectivity index (χ3v) is 1.41. The summed E-state index contributed by atoms with van der Waals surface area (Å²) in [5.41, 5.74) is 1.87. The lowest BCUT2D eigenvalue weighted by Gasteiger charge is -2.01. The number of hydrogen-bond acceptors (Lipinski definition) is 4. The molecule has 0 aliphatic carbocycles. The molecule has 0 bridgehead atoms. The van der Waals surface area contributed by atoms with Crippen LogP contribution in [0.25, 0.3) is 0 Å². The molecule has 0 saturated heterocycles. The van der Waals surface area contributed by atoms with E-state index in [1.54, 1.807) is 0 Å². The van der Waals surface area contributed by atoms with Crippen LogP contribution >= 0.6 is 0 Å². The van der Waals surface area contributed by atoms with Crippen molar-refractivity contribution in [2.75, 3.05) is 7.05 Å². The summed E-state index contributed by atoms with van der Waals surface area (Å²) in [5, 5.41) is 10.9. The first-order chi connectivity index (χ1) is 5.24. The molecule has 1 aromatic rings. The molecular weight excluding hydrogens is 140 g/mol. The van der Waals surface area contributed by atoms with E-state index in [1.807, 2.05) is 20.9 Å². The number of hydrogen-bond donors (Lipinski definition) is 1. The fraction of sp³-hybridized carbons (Fsp3) is 0.571. The lowest BCUT2D eigenvalue weighted by atomic mass is 10.3. The molecule has 0 aliphatic rings. The monoisotopic (exact) mass is 152 g/mol. The Morgan fingerprint density at radius 3 is 2.55 bits per heavy atom. The maximum Gasteiger partial charge on any atom is 0.148 e. The molecule has 1 aromatic heterocycles. The number of aromatic nitrogens is 3. The van der Waals surface area contributed by atoms with Gasteiger partial charge in [0.05, 0.1) is 11.4 Å². The summed E-state index contributed by atoms with van der Waals surface area (Å²) in [6, 6.07) is 0. The Bertz CT molecular complexity index is 246. The first-order valence-corrected chi connectivity index (χ1v) is 3.55. The molecule has 4 heteroatoms. The van der Waals surface area contributed by atoms with Crippen molar-refractivity contribution in [3.63, 3.8) is 0 Å². The zero-order chi connectivity index (χ0) is 8.27. The summed E-state index contributed by atoms with van der Waals surface area (Å²) in [6.45, 7) is 4.50. The van der Waals surface area contributed by atoms with Gasteiger partial charge >= 0.3 is 0 Å². The molecule has 1 heterocycles. The van der Waals surface area contributed by atoms with Crippen molar-refractivity contribution in [3.8, 4) is 0 Å². The largest absolute Gasteiger partial charge is 0.314 e. The van der Waals surface area contributed by atoms with Gasteiger partial charge in [-0.05, 0) is 20.9 Å². The SMILES string of the molecule is CNCc1nnc(C)nc1C. The fourth-order valence-corrected chi connectivity index (χ4v) is 0.865. The molecule has 0 aliphatic heterocycles. The van der Waals surface area contributed by atoms with Gasteiger partial charge in [0.25, 0.3) is 0 Å². The van der Waals surface area contributed by atoms with Crippen molar-refractivity contribution < 1.29 is 0 Å². The van der Waals surface area contributed by atoms with Crippen molar-refractivity contribution in [2.24, 2.45) is 0 Å². The molecule has 0 fully saturated rings. The van der Waals surface area contributed by atoms with E-state index in [4.69, 9.17) is 0 Å². The summed E-state index contributed by atoms with van der Waals surface area (Å²) in [4.78, 5) is 4.18. The van der Waals surface area contributed by atoms with E-state index >= 15 is 0 Å². The maximum absolute atomic E-state index is 4.18. The van der Waals surface area contributed by atoms with Crippen LogP contribution in [0.3, 0.4) is 0 Å². The van der Waals surface area contributed by atoms with Gasteiger partial charge in [-0.2, -0.15) is 5.10 Å². The molecule has 0 atom stereocenters. The summed E-state index contributed by atoms with van der Waals surface area (Å²) < 4.78 is 0. The molecule has 0 aromatic carbocycles. The predicted molar refractivity (Wildman–Crippen MR) is 42.1 cm³/mol. The van der Waals surface area contributed by atoms with Crippen LogP contribution in [0.5, 0.6) is 0 Å². The average molecular weight is 152 g/mol. The second-order valence-corrected chi connectivity index (χ2v) is 2.42. The first-order valence-electron chi connectivity index (χ1n) is 3.55. The standard InChI is InChI=1S/C7H12N4/c1-5-7(4-8-3)11-10-6(2)9-5/h8H,4H2,1-3H3. The van der Waals surface area contributed by atoms with Crippen LogP contribution in [0.15, 0.2) is 0 Å². The van der Waals surface area contributed by atoms with Gasteiger partial charge in [-0.1, -0.05) is 0 Å². The smallest absolute Gasteiger partial charge is 0.148 e. The average Bonchev–Trinajstić information content (AvgIpc) is 1.95. The quantitative estimate of drug-likeness (QED) is 0.658. The van der Waals surface area contributed by atoms with Crippen molar-refractivity contribution >= 4 is 0 Å². The molecule has 11 heavy (non-hydrogen) atoms. The van der Waals surface area contributed by atoms with Crippen LogP contribution in [0, 0.1) is 13.8 Å². The third-order valence-electron chi connectivity index (χ3n) is 1.41. The lowest BCUT2D eigenvalue weighted by molar-refractivity contribution is 0.729. The summed E-state index contributed by atoms with van der Waals surface area (Å²) in [6.07, 6.45) is 0. The topological polar surface area (TPSA) is 50.7 Å². The van der Waals surface area contributed by atoms with E-state index in [9.17, 15) is 0 Å². The maximum atomic E-state index is 4.18. The highest BCUT2D eigenvalue weighted by atomic mass is 15.2. The van der Waals surface area contributed by atoms with Gasteiger partial charge in [-0.15, -0.1) is 5.10 Å². The Morgan fingerprint density at radius 2 is 2.00 bits per heavy atom. The number of aryl methyl sites for hydroxylation is 2. The van der Waals surface area contributed by atoms with Crippen molar-refractivity contribution in [3.05, 3.63) is 17.2 Å². The van der Waals surface area contributed by atoms with E-state index in [1.165, 1.54) is 0 Å².